The molecule has 9 heteroatoms. The maximum absolute atomic E-state index is 14.2. The van der Waals surface area contributed by atoms with Crippen LogP contribution in [0, 0.1) is 16.0 Å². The highest BCUT2D eigenvalue weighted by Crippen LogP contribution is 2.61. The fourth-order valence-corrected chi connectivity index (χ4v) is 7.24. The molecule has 0 radical (unpaired) electrons. The molecule has 4 atom stereocenters. The fourth-order valence-electron chi connectivity index (χ4n) is 5.91. The minimum Gasteiger partial charge on any atom is -0.324 e. The average Bonchev–Trinajstić information content (AvgIpc) is 3.52. The van der Waals surface area contributed by atoms with Crippen molar-refractivity contribution in [3.05, 3.63) is 99.9 Å². The number of nitro groups is 1. The number of nitro benzene ring substituents is 1. The van der Waals surface area contributed by atoms with Gasteiger partial charge in [0.2, 0.25) is 5.91 Å². The summed E-state index contributed by atoms with van der Waals surface area (Å²) in [5.41, 5.74) is 1.62. The molecule has 34 heavy (non-hydrogen) atoms. The van der Waals surface area contributed by atoms with Gasteiger partial charge in [-0.25, -0.2) is 0 Å². The molecule has 3 aliphatic rings. The third-order valence-corrected chi connectivity index (χ3v) is 8.28. The second-order valence-electron chi connectivity index (χ2n) is 8.76. The topological polar surface area (TPSA) is 105 Å². The number of hydrogen-bond acceptors (Lipinski definition) is 7. The summed E-state index contributed by atoms with van der Waals surface area (Å²) in [5.74, 6) is -0.00811. The zero-order valence-electron chi connectivity index (χ0n) is 18.0. The van der Waals surface area contributed by atoms with Gasteiger partial charge >= 0.3 is 0 Å². The zero-order valence-corrected chi connectivity index (χ0v) is 18.8. The number of hydrogen-bond donors (Lipinski definition) is 1. The number of nitrogens with zero attached hydrogens (tertiary/aromatic N) is 3. The highest BCUT2D eigenvalue weighted by molar-refractivity contribution is 7.99. The lowest BCUT2D eigenvalue weighted by molar-refractivity contribution is -0.384. The smallest absolute Gasteiger partial charge is 0.269 e. The Bertz CT molecular complexity index is 1320. The van der Waals surface area contributed by atoms with E-state index >= 15 is 0 Å². The van der Waals surface area contributed by atoms with Gasteiger partial charge in [0, 0.05) is 64.9 Å². The molecule has 2 aromatic carbocycles. The third-order valence-electron chi connectivity index (χ3n) is 7.25. The van der Waals surface area contributed by atoms with Crippen molar-refractivity contribution in [2.24, 2.45) is 5.92 Å². The molecular formula is C25H20N4O4S. The number of amides is 1. The van der Waals surface area contributed by atoms with Gasteiger partial charge in [0.05, 0.1) is 10.8 Å². The van der Waals surface area contributed by atoms with Crippen molar-refractivity contribution in [2.45, 2.75) is 17.5 Å². The van der Waals surface area contributed by atoms with E-state index in [0.717, 1.165) is 22.6 Å². The number of aromatic nitrogens is 1. The van der Waals surface area contributed by atoms with E-state index in [9.17, 15) is 19.7 Å². The fraction of sp³-hybridized carbons (Fsp3) is 0.240. The summed E-state index contributed by atoms with van der Waals surface area (Å²) < 4.78 is 0. The molecule has 1 N–H and O–H groups in total. The number of fused-ring (bicyclic) bond motifs is 4. The molecule has 1 aromatic heterocycles. The van der Waals surface area contributed by atoms with Crippen LogP contribution in [0.15, 0.2) is 73.1 Å². The summed E-state index contributed by atoms with van der Waals surface area (Å²) in [5, 5.41) is 14.3. The van der Waals surface area contributed by atoms with Crippen molar-refractivity contribution < 1.29 is 14.5 Å². The third kappa shape index (κ3) is 2.80. The molecule has 2 saturated heterocycles. The van der Waals surface area contributed by atoms with E-state index in [-0.39, 0.29) is 29.3 Å². The van der Waals surface area contributed by atoms with E-state index in [0.29, 0.717) is 11.4 Å². The summed E-state index contributed by atoms with van der Waals surface area (Å²) in [7, 11) is 0. The molecule has 0 unspecified atom stereocenters. The number of nitrogens with one attached hydrogen (secondary N) is 1. The van der Waals surface area contributed by atoms with Crippen molar-refractivity contribution >= 4 is 34.8 Å². The largest absolute Gasteiger partial charge is 0.324 e. The Morgan fingerprint density at radius 3 is 2.68 bits per heavy atom. The molecule has 1 amide bonds. The Morgan fingerprint density at radius 1 is 1.15 bits per heavy atom. The van der Waals surface area contributed by atoms with Crippen LogP contribution in [0.2, 0.25) is 0 Å². The van der Waals surface area contributed by atoms with E-state index in [1.54, 1.807) is 48.4 Å². The molecule has 0 saturated carbocycles. The normalized spacial score (nSPS) is 27.4. The predicted octanol–water partition coefficient (Wildman–Crippen LogP) is 3.81. The maximum atomic E-state index is 14.2. The molecule has 170 valence electrons. The lowest BCUT2D eigenvalue weighted by atomic mass is 9.69. The minimum absolute atomic E-state index is 0.00629. The second-order valence-corrected chi connectivity index (χ2v) is 9.76. The monoisotopic (exact) mass is 472 g/mol. The Labute approximate surface area is 199 Å². The van der Waals surface area contributed by atoms with Crippen molar-refractivity contribution in [1.29, 1.82) is 0 Å². The number of para-hydroxylation sites is 1. The number of anilines is 1. The van der Waals surface area contributed by atoms with Crippen molar-refractivity contribution in [3.8, 4) is 0 Å². The number of benzene rings is 2. The Morgan fingerprint density at radius 2 is 1.94 bits per heavy atom. The van der Waals surface area contributed by atoms with Gasteiger partial charge in [0.1, 0.15) is 5.54 Å². The first-order valence-corrected chi connectivity index (χ1v) is 12.1. The van der Waals surface area contributed by atoms with Gasteiger partial charge in [0.15, 0.2) is 5.78 Å². The number of carbonyl (C=O) groups is 2. The van der Waals surface area contributed by atoms with E-state index in [4.69, 9.17) is 0 Å². The van der Waals surface area contributed by atoms with E-state index in [2.05, 4.69) is 15.2 Å². The summed E-state index contributed by atoms with van der Waals surface area (Å²) in [4.78, 5) is 45.2. The van der Waals surface area contributed by atoms with Crippen LogP contribution >= 0.6 is 11.8 Å². The molecule has 3 aromatic rings. The van der Waals surface area contributed by atoms with Crippen molar-refractivity contribution in [1.82, 2.24) is 9.88 Å². The molecule has 2 fully saturated rings. The molecule has 0 bridgehead atoms. The van der Waals surface area contributed by atoms with E-state index < -0.39 is 16.4 Å². The van der Waals surface area contributed by atoms with Crippen LogP contribution in [-0.2, 0) is 10.3 Å². The number of carbonyl (C=O) groups excluding carboxylic acids is 2. The van der Waals surface area contributed by atoms with Crippen LogP contribution in [0.3, 0.4) is 0 Å². The number of ketones is 1. The van der Waals surface area contributed by atoms with Gasteiger partial charge in [0.25, 0.3) is 5.69 Å². The van der Waals surface area contributed by atoms with Crippen LogP contribution in [0.4, 0.5) is 11.4 Å². The van der Waals surface area contributed by atoms with Crippen molar-refractivity contribution in [3.63, 3.8) is 0 Å². The van der Waals surface area contributed by atoms with Crippen molar-refractivity contribution in [2.75, 3.05) is 16.9 Å². The number of thioether (sulfide) groups is 1. The first-order chi connectivity index (χ1) is 16.5. The quantitative estimate of drug-likeness (QED) is 0.350. The number of pyridine rings is 1. The Balaban J connectivity index is 1.59. The minimum atomic E-state index is -1.16. The number of non-ortho nitro benzene ring substituents is 1. The Hall–Kier alpha value is -3.56. The molecule has 6 rings (SSSR count). The molecule has 3 aliphatic heterocycles. The van der Waals surface area contributed by atoms with E-state index in [1.807, 2.05) is 24.3 Å². The van der Waals surface area contributed by atoms with Gasteiger partial charge in [-0.1, -0.05) is 30.3 Å². The first kappa shape index (κ1) is 21.0. The lowest BCUT2D eigenvalue weighted by Crippen LogP contribution is -2.52. The summed E-state index contributed by atoms with van der Waals surface area (Å²) >= 11 is 1.73. The summed E-state index contributed by atoms with van der Waals surface area (Å²) in [6, 6.07) is 17.3. The molecule has 4 heterocycles. The molecule has 0 aliphatic carbocycles. The van der Waals surface area contributed by atoms with Crippen LogP contribution in [0.25, 0.3) is 0 Å². The Kier molecular flexibility index (Phi) is 4.79. The molecule has 8 nitrogen and oxygen atoms in total. The van der Waals surface area contributed by atoms with Gasteiger partial charge < -0.3 is 5.32 Å². The highest BCUT2D eigenvalue weighted by atomic mass is 32.2. The summed E-state index contributed by atoms with van der Waals surface area (Å²) in [6.07, 6.45) is 3.15. The SMILES string of the molecule is O=C(c1cccnc1)[C@@H]1[C@H](c2ccc([N+](=O)[O-])cc2)[C@H]2CSCN2[C@@]12C(=O)Nc1ccccc12. The average molecular weight is 473 g/mol. The molecular weight excluding hydrogens is 452 g/mol. The number of Topliss-reactive ketones (excluding diaryl/α,β-unsaturated/α-hetero) is 1. The maximum Gasteiger partial charge on any atom is 0.269 e. The van der Waals surface area contributed by atoms with Gasteiger partial charge in [-0.05, 0) is 23.8 Å². The van der Waals surface area contributed by atoms with Crippen LogP contribution in [0.5, 0.6) is 0 Å². The number of rotatable bonds is 4. The highest BCUT2D eigenvalue weighted by Gasteiger charge is 2.69. The van der Waals surface area contributed by atoms with Crippen LogP contribution in [0.1, 0.15) is 27.4 Å². The zero-order chi connectivity index (χ0) is 23.4. The van der Waals surface area contributed by atoms with Gasteiger partial charge in [-0.2, -0.15) is 0 Å². The van der Waals surface area contributed by atoms with Gasteiger partial charge in [-0.3, -0.25) is 29.6 Å². The standard InChI is InChI=1S/C25H20N4O4S/c30-23(16-4-3-11-26-12-16)22-21(15-7-9-17(10-8-15)29(32)33)20-13-34-14-28(20)25(22)18-5-1-2-6-19(18)27-24(25)31/h1-12,20-22H,13-14H2,(H,27,31)/t20-,21-,22+,25-/m1/s1. The summed E-state index contributed by atoms with van der Waals surface area (Å²) in [6.45, 7) is 0. The van der Waals surface area contributed by atoms with E-state index in [1.165, 1.54) is 12.1 Å². The van der Waals surface area contributed by atoms with Crippen LogP contribution in [-0.4, -0.2) is 44.2 Å². The second kappa shape index (κ2) is 7.75. The lowest BCUT2D eigenvalue weighted by Gasteiger charge is -2.36. The predicted molar refractivity (Wildman–Crippen MR) is 128 cm³/mol. The molecule has 1 spiro atoms. The van der Waals surface area contributed by atoms with Crippen LogP contribution < -0.4 is 5.32 Å². The van der Waals surface area contributed by atoms with Gasteiger partial charge in [-0.15, -0.1) is 11.8 Å². The first-order valence-electron chi connectivity index (χ1n) is 11.0.